The molecule has 110 valence electrons. The average molecular weight is 320 g/mol. The Kier molecular flexibility index (Phi) is 4.58. The molecule has 21 heavy (non-hydrogen) atoms. The zero-order valence-electron chi connectivity index (χ0n) is 11.8. The van der Waals surface area contributed by atoms with E-state index in [-0.39, 0.29) is 0 Å². The summed E-state index contributed by atoms with van der Waals surface area (Å²) in [5.74, 6) is 0. The van der Waals surface area contributed by atoms with Crippen molar-refractivity contribution in [1.29, 1.82) is 0 Å². The molecule has 0 atom stereocenters. The predicted octanol–water partition coefficient (Wildman–Crippen LogP) is 3.49. The van der Waals surface area contributed by atoms with Gasteiger partial charge in [0.15, 0.2) is 5.13 Å². The van der Waals surface area contributed by atoms with Crippen molar-refractivity contribution in [3.05, 3.63) is 51.5 Å². The number of nitrogens with zero attached hydrogens (tertiary/aromatic N) is 2. The van der Waals surface area contributed by atoms with Crippen LogP contribution in [0.5, 0.6) is 0 Å². The molecular formula is C16H18ClN3S. The molecule has 0 saturated carbocycles. The first-order chi connectivity index (χ1) is 10.2. The van der Waals surface area contributed by atoms with Gasteiger partial charge >= 0.3 is 0 Å². The minimum absolute atomic E-state index is 0.701. The third-order valence-electron chi connectivity index (χ3n) is 3.68. The van der Waals surface area contributed by atoms with Crippen molar-refractivity contribution in [2.24, 2.45) is 0 Å². The molecule has 0 amide bonds. The van der Waals surface area contributed by atoms with Crippen molar-refractivity contribution in [3.63, 3.8) is 0 Å². The van der Waals surface area contributed by atoms with Gasteiger partial charge < -0.3 is 5.73 Å². The number of anilines is 1. The molecular weight excluding hydrogens is 302 g/mol. The van der Waals surface area contributed by atoms with Gasteiger partial charge in [0.25, 0.3) is 0 Å². The fourth-order valence-corrected chi connectivity index (χ4v) is 3.62. The highest BCUT2D eigenvalue weighted by Crippen LogP contribution is 2.24. The Morgan fingerprint density at radius 2 is 2.10 bits per heavy atom. The van der Waals surface area contributed by atoms with Crippen LogP contribution in [-0.2, 0) is 12.8 Å². The van der Waals surface area contributed by atoms with E-state index < -0.39 is 0 Å². The number of aromatic nitrogens is 1. The van der Waals surface area contributed by atoms with E-state index in [4.69, 9.17) is 17.3 Å². The smallest absolute Gasteiger partial charge is 0.180 e. The largest absolute Gasteiger partial charge is 0.375 e. The van der Waals surface area contributed by atoms with E-state index in [9.17, 15) is 0 Å². The summed E-state index contributed by atoms with van der Waals surface area (Å²) in [5.41, 5.74) is 8.03. The second kappa shape index (κ2) is 6.60. The van der Waals surface area contributed by atoms with Crippen LogP contribution >= 0.6 is 22.9 Å². The Bertz CT molecular complexity index is 625. The summed E-state index contributed by atoms with van der Waals surface area (Å²) < 4.78 is 0. The maximum absolute atomic E-state index is 6.15. The number of hydrogen-bond donors (Lipinski definition) is 1. The Balaban J connectivity index is 1.58. The molecule has 3 nitrogen and oxygen atoms in total. The molecule has 1 aliphatic rings. The summed E-state index contributed by atoms with van der Waals surface area (Å²) in [6.07, 6.45) is 6.31. The lowest BCUT2D eigenvalue weighted by Gasteiger charge is -2.17. The Hall–Kier alpha value is -1.36. The molecule has 2 heterocycles. The van der Waals surface area contributed by atoms with E-state index in [1.54, 1.807) is 11.3 Å². The lowest BCUT2D eigenvalue weighted by atomic mass is 10.2. The van der Waals surface area contributed by atoms with Gasteiger partial charge in [0.05, 0.1) is 5.69 Å². The highest BCUT2D eigenvalue weighted by molar-refractivity contribution is 7.15. The first-order valence-electron chi connectivity index (χ1n) is 7.10. The zero-order valence-corrected chi connectivity index (χ0v) is 13.3. The quantitative estimate of drug-likeness (QED) is 0.941. The molecule has 1 aromatic heterocycles. The molecule has 1 aromatic carbocycles. The summed E-state index contributed by atoms with van der Waals surface area (Å²) >= 11 is 7.78. The SMILES string of the molecule is Nc1nc2c(s1)CCN(CC=Cc1ccccc1Cl)CC2. The number of nitrogen functional groups attached to an aromatic ring is 1. The number of nitrogens with two attached hydrogens (primary N) is 1. The van der Waals surface area contributed by atoms with E-state index >= 15 is 0 Å². The van der Waals surface area contributed by atoms with Crippen molar-refractivity contribution < 1.29 is 0 Å². The first-order valence-corrected chi connectivity index (χ1v) is 8.29. The molecule has 0 aliphatic carbocycles. The molecule has 0 saturated heterocycles. The highest BCUT2D eigenvalue weighted by atomic mass is 35.5. The number of hydrogen-bond acceptors (Lipinski definition) is 4. The van der Waals surface area contributed by atoms with Crippen molar-refractivity contribution in [1.82, 2.24) is 9.88 Å². The molecule has 2 aromatic rings. The first kappa shape index (κ1) is 14.6. The molecule has 2 N–H and O–H groups in total. The number of thiazole rings is 1. The van der Waals surface area contributed by atoms with Crippen LogP contribution in [0.4, 0.5) is 5.13 Å². The Morgan fingerprint density at radius 3 is 2.95 bits per heavy atom. The summed E-state index contributed by atoms with van der Waals surface area (Å²) in [5, 5.41) is 1.50. The van der Waals surface area contributed by atoms with E-state index in [2.05, 4.69) is 22.0 Å². The summed E-state index contributed by atoms with van der Waals surface area (Å²) in [6, 6.07) is 7.91. The van der Waals surface area contributed by atoms with Crippen LogP contribution in [0, 0.1) is 0 Å². The fourth-order valence-electron chi connectivity index (χ4n) is 2.55. The third kappa shape index (κ3) is 3.64. The van der Waals surface area contributed by atoms with Crippen LogP contribution in [0.2, 0.25) is 5.02 Å². The van der Waals surface area contributed by atoms with Gasteiger partial charge in [0.1, 0.15) is 0 Å². The van der Waals surface area contributed by atoms with Crippen molar-refractivity contribution >= 4 is 34.1 Å². The van der Waals surface area contributed by atoms with Gasteiger partial charge in [-0.05, 0) is 18.1 Å². The third-order valence-corrected chi connectivity index (χ3v) is 5.01. The molecule has 3 rings (SSSR count). The van der Waals surface area contributed by atoms with Crippen LogP contribution in [0.1, 0.15) is 16.1 Å². The average Bonchev–Trinajstić information content (AvgIpc) is 2.73. The molecule has 0 unspecified atom stereocenters. The highest BCUT2D eigenvalue weighted by Gasteiger charge is 2.16. The zero-order chi connectivity index (χ0) is 14.7. The number of fused-ring (bicyclic) bond motifs is 1. The summed E-state index contributed by atoms with van der Waals surface area (Å²) in [6.45, 7) is 3.03. The van der Waals surface area contributed by atoms with Crippen LogP contribution < -0.4 is 5.73 Å². The van der Waals surface area contributed by atoms with Gasteiger partial charge in [-0.3, -0.25) is 4.90 Å². The van der Waals surface area contributed by atoms with Gasteiger partial charge in [-0.15, -0.1) is 11.3 Å². The van der Waals surface area contributed by atoms with Crippen LogP contribution in [0.15, 0.2) is 30.3 Å². The molecule has 0 bridgehead atoms. The lowest BCUT2D eigenvalue weighted by Crippen LogP contribution is -2.26. The molecule has 0 fully saturated rings. The Labute approximate surface area is 134 Å². The van der Waals surface area contributed by atoms with Crippen molar-refractivity contribution in [2.75, 3.05) is 25.4 Å². The normalized spacial score (nSPS) is 16.0. The molecule has 5 heteroatoms. The topological polar surface area (TPSA) is 42.1 Å². The van der Waals surface area contributed by atoms with Gasteiger partial charge in [0.2, 0.25) is 0 Å². The molecule has 0 spiro atoms. The maximum Gasteiger partial charge on any atom is 0.180 e. The minimum Gasteiger partial charge on any atom is -0.375 e. The van der Waals surface area contributed by atoms with Gasteiger partial charge in [-0.1, -0.05) is 42.0 Å². The number of halogens is 1. The second-order valence-electron chi connectivity index (χ2n) is 5.15. The van der Waals surface area contributed by atoms with E-state index in [1.165, 1.54) is 10.6 Å². The van der Waals surface area contributed by atoms with Crippen molar-refractivity contribution in [3.8, 4) is 0 Å². The molecule has 0 radical (unpaired) electrons. The van der Waals surface area contributed by atoms with Gasteiger partial charge in [-0.2, -0.15) is 0 Å². The standard InChI is InChI=1S/C16H18ClN3S/c17-13-6-2-1-4-12(13)5-3-9-20-10-7-14-15(8-11-20)21-16(18)19-14/h1-6H,7-11H2,(H2,18,19). The monoisotopic (exact) mass is 319 g/mol. The fraction of sp³-hybridized carbons (Fsp3) is 0.312. The van der Waals surface area contributed by atoms with Crippen molar-refractivity contribution in [2.45, 2.75) is 12.8 Å². The summed E-state index contributed by atoms with van der Waals surface area (Å²) in [4.78, 5) is 8.21. The minimum atomic E-state index is 0.701. The van der Waals surface area contributed by atoms with Crippen LogP contribution in [0.25, 0.3) is 6.08 Å². The lowest BCUT2D eigenvalue weighted by molar-refractivity contribution is 0.318. The van der Waals surface area contributed by atoms with E-state index in [0.717, 1.165) is 43.1 Å². The number of benzene rings is 1. The van der Waals surface area contributed by atoms with Gasteiger partial charge in [-0.25, -0.2) is 4.98 Å². The number of rotatable bonds is 3. The van der Waals surface area contributed by atoms with Gasteiger partial charge in [0, 0.05) is 36.0 Å². The second-order valence-corrected chi connectivity index (χ2v) is 6.67. The summed E-state index contributed by atoms with van der Waals surface area (Å²) in [7, 11) is 0. The van der Waals surface area contributed by atoms with E-state index in [0.29, 0.717) is 5.13 Å². The van der Waals surface area contributed by atoms with E-state index in [1.807, 2.05) is 24.3 Å². The molecule has 1 aliphatic heterocycles. The maximum atomic E-state index is 6.15. The van der Waals surface area contributed by atoms with Crippen LogP contribution in [0.3, 0.4) is 0 Å². The Morgan fingerprint density at radius 1 is 1.29 bits per heavy atom. The predicted molar refractivity (Wildman–Crippen MR) is 90.9 cm³/mol. The van der Waals surface area contributed by atoms with Crippen LogP contribution in [-0.4, -0.2) is 29.5 Å².